The van der Waals surface area contributed by atoms with Crippen molar-refractivity contribution in [3.05, 3.63) is 0 Å². The first-order chi connectivity index (χ1) is 6.20. The van der Waals surface area contributed by atoms with Crippen LogP contribution in [0, 0.1) is 14.8 Å². The van der Waals surface area contributed by atoms with Gasteiger partial charge < -0.3 is 37.8 Å². The molecule has 84 valence electrons. The van der Waals surface area contributed by atoms with E-state index in [0.29, 0.717) is 0 Å². The number of hydrogen-bond donors (Lipinski definition) is 3. The van der Waals surface area contributed by atoms with Gasteiger partial charge in [-0.05, 0) is 0 Å². The van der Waals surface area contributed by atoms with Gasteiger partial charge in [0.1, 0.15) is 6.10 Å². The van der Waals surface area contributed by atoms with Crippen molar-refractivity contribution in [2.45, 2.75) is 12.2 Å². The van der Waals surface area contributed by atoms with Crippen LogP contribution in [0.3, 0.4) is 0 Å². The Morgan fingerprint density at radius 1 is 1.00 bits per heavy atom. The van der Waals surface area contributed by atoms with Gasteiger partial charge in [0.15, 0.2) is 6.10 Å². The first-order valence-electron chi connectivity index (χ1n) is 2.73. The van der Waals surface area contributed by atoms with Crippen LogP contribution in [0.2, 0.25) is 0 Å². The van der Waals surface area contributed by atoms with Crippen molar-refractivity contribution in [2.75, 3.05) is 0 Å². The minimum atomic E-state index is -3.65. The van der Waals surface area contributed by atoms with Crippen LogP contribution in [-0.4, -0.2) is 39.5 Å². The summed E-state index contributed by atoms with van der Waals surface area (Å²) in [7, 11) is 0. The Kier molecular flexibility index (Phi) is 26.2. The number of aliphatic carboxylic acids is 2. The largest absolute Gasteiger partial charge is 1.00 e. The van der Waals surface area contributed by atoms with Gasteiger partial charge in [-0.15, -0.1) is 0 Å². The van der Waals surface area contributed by atoms with Gasteiger partial charge in [0.2, 0.25) is 14.8 Å². The SMILES string of the molecule is O=C([O-])C(O)C(O)C(=O)O.[K+].[K+].[O-][Br+2]([O-])[O-]. The molecule has 3 N–H and O–H groups in total. The predicted molar refractivity (Wildman–Crippen MR) is 24.7 cm³/mol. The van der Waals surface area contributed by atoms with E-state index in [0.717, 1.165) is 0 Å². The molecule has 0 heterocycles. The number of carbonyl (C=O) groups is 2. The average Bonchev–Trinajstić information content (AvgIpc) is 2.00. The van der Waals surface area contributed by atoms with Crippen molar-refractivity contribution in [1.82, 2.24) is 0 Å². The molecule has 0 saturated heterocycles. The van der Waals surface area contributed by atoms with Crippen molar-refractivity contribution in [3.8, 4) is 0 Å². The first kappa shape index (κ1) is 26.9. The molecule has 0 aromatic carbocycles. The molecule has 0 aliphatic rings. The maximum Gasteiger partial charge on any atom is 1.00 e. The van der Waals surface area contributed by atoms with Gasteiger partial charge in [0.05, 0.1) is 5.97 Å². The van der Waals surface area contributed by atoms with Gasteiger partial charge in [-0.25, -0.2) is 4.79 Å². The molecule has 16 heavy (non-hydrogen) atoms. The molecule has 0 rings (SSSR count). The van der Waals surface area contributed by atoms with Gasteiger partial charge in [0, 0.05) is 0 Å². The van der Waals surface area contributed by atoms with Crippen molar-refractivity contribution in [2.24, 2.45) is 0 Å². The van der Waals surface area contributed by atoms with Crippen LogP contribution in [-0.2, 0) is 9.59 Å². The summed E-state index contributed by atoms with van der Waals surface area (Å²) < 4.78 is 25.6. The molecule has 0 aliphatic heterocycles. The summed E-state index contributed by atoms with van der Waals surface area (Å²) in [4.78, 5) is 19.4. The van der Waals surface area contributed by atoms with E-state index in [1.54, 1.807) is 0 Å². The van der Waals surface area contributed by atoms with Crippen molar-refractivity contribution < 1.29 is 160 Å². The second-order valence-corrected chi connectivity index (χ2v) is 2.53. The summed E-state index contributed by atoms with van der Waals surface area (Å²) in [5, 5.41) is 34.1. The van der Waals surface area contributed by atoms with E-state index < -0.39 is 39.0 Å². The fraction of sp³-hybridized carbons (Fsp3) is 0.500. The Hall–Kier alpha value is 2.49. The van der Waals surface area contributed by atoms with Gasteiger partial charge in [-0.2, -0.15) is 0 Å². The molecule has 0 bridgehead atoms. The van der Waals surface area contributed by atoms with Crippen LogP contribution in [0.5, 0.6) is 0 Å². The molecule has 0 amide bonds. The topological polar surface area (TPSA) is 187 Å². The predicted octanol–water partition coefficient (Wildman–Crippen LogP) is -13.0. The van der Waals surface area contributed by atoms with Gasteiger partial charge >= 0.3 is 109 Å². The summed E-state index contributed by atoms with van der Waals surface area (Å²) in [6.07, 6.45) is -4.71. The molecule has 0 fully saturated rings. The molecule has 9 nitrogen and oxygen atoms in total. The van der Waals surface area contributed by atoms with E-state index >= 15 is 0 Å². The number of carboxylic acid groups (broad SMARTS) is 2. The van der Waals surface area contributed by atoms with E-state index in [2.05, 4.69) is 0 Å². The maximum absolute atomic E-state index is 9.74. The molecule has 2 unspecified atom stereocenters. The monoisotopic (exact) mass is 354 g/mol. The average molecular weight is 355 g/mol. The van der Waals surface area contributed by atoms with Crippen molar-refractivity contribution in [3.63, 3.8) is 0 Å². The van der Waals surface area contributed by atoms with Crippen LogP contribution in [0.4, 0.5) is 0 Å². The van der Waals surface area contributed by atoms with Crippen molar-refractivity contribution >= 4 is 11.9 Å². The van der Waals surface area contributed by atoms with Crippen LogP contribution in [0.25, 0.3) is 0 Å². The fourth-order valence-electron chi connectivity index (χ4n) is 0.264. The molecular formula is C4H5BrK2O9. The molecule has 2 atom stereocenters. The Bertz CT molecular complexity index is 179. The first-order valence-corrected chi connectivity index (χ1v) is 4.67. The number of hydrogen-bond acceptors (Lipinski definition) is 8. The molecule has 0 aromatic rings. The maximum atomic E-state index is 9.74. The number of rotatable bonds is 3. The van der Waals surface area contributed by atoms with Crippen LogP contribution in [0.1, 0.15) is 0 Å². The number of aliphatic hydroxyl groups excluding tert-OH is 2. The Balaban J connectivity index is -0.000000105. The molecule has 0 spiro atoms. The molecule has 12 heteroatoms. The fourth-order valence-corrected chi connectivity index (χ4v) is 0.264. The zero-order chi connectivity index (χ0) is 11.9. The molecule has 0 aliphatic carbocycles. The summed E-state index contributed by atoms with van der Waals surface area (Å²) >= 11 is -3.65. The minimum Gasteiger partial charge on any atom is -0.547 e. The van der Waals surface area contributed by atoms with E-state index in [4.69, 9.17) is 27.9 Å². The normalized spacial score (nSPS) is 12.1. The molecule has 0 saturated carbocycles. The summed E-state index contributed by atoms with van der Waals surface area (Å²) in [6, 6.07) is 0. The van der Waals surface area contributed by atoms with E-state index in [1.165, 1.54) is 0 Å². The van der Waals surface area contributed by atoms with E-state index in [9.17, 15) is 14.7 Å². The molecule has 0 aromatic heterocycles. The van der Waals surface area contributed by atoms with Crippen molar-refractivity contribution in [1.29, 1.82) is 0 Å². The zero-order valence-electron chi connectivity index (χ0n) is 8.32. The third-order valence-electron chi connectivity index (χ3n) is 0.794. The summed E-state index contributed by atoms with van der Waals surface area (Å²) in [6.45, 7) is 0. The van der Waals surface area contributed by atoms with Gasteiger partial charge in [-0.1, -0.05) is 0 Å². The van der Waals surface area contributed by atoms with E-state index in [1.807, 2.05) is 0 Å². The van der Waals surface area contributed by atoms with Crippen LogP contribution in [0.15, 0.2) is 0 Å². The standard InChI is InChI=1S/C4H6O6.BrO3.2K/c5-1(3(7)8)2(6)4(9)10;2-1(3)4;;/h1-2,5-6H,(H,7,8)(H,9,10);;;/q;-1;2*+1/p-1. The zero-order valence-corrected chi connectivity index (χ0v) is 16.2. The smallest absolute Gasteiger partial charge is 0.547 e. The molecular weight excluding hydrogens is 350 g/mol. The van der Waals surface area contributed by atoms with Crippen LogP contribution >= 0.6 is 0 Å². The minimum absolute atomic E-state index is 0. The van der Waals surface area contributed by atoms with E-state index in [-0.39, 0.29) is 103 Å². The van der Waals surface area contributed by atoms with Gasteiger partial charge in [-0.3, -0.25) is 0 Å². The third-order valence-corrected chi connectivity index (χ3v) is 0.794. The third kappa shape index (κ3) is 18.8. The summed E-state index contributed by atoms with van der Waals surface area (Å²) in [5.74, 6) is -3.83. The number of halogens is 1. The Morgan fingerprint density at radius 2 is 1.25 bits per heavy atom. The number of carboxylic acids is 2. The van der Waals surface area contributed by atoms with Crippen LogP contribution < -0.4 is 120 Å². The Labute approximate surface area is 180 Å². The molecule has 0 radical (unpaired) electrons. The Morgan fingerprint density at radius 3 is 1.31 bits per heavy atom. The number of carbonyl (C=O) groups excluding carboxylic acids is 1. The second-order valence-electron chi connectivity index (χ2n) is 1.74. The summed E-state index contributed by atoms with van der Waals surface area (Å²) in [5.41, 5.74) is 0. The second kappa shape index (κ2) is 15.5. The number of aliphatic hydroxyl groups is 2. The van der Waals surface area contributed by atoms with Gasteiger partial charge in [0.25, 0.3) is 0 Å². The quantitative estimate of drug-likeness (QED) is 0.413.